The average molecular weight is 460 g/mol. The molecule has 1 N–H and O–H groups in total. The van der Waals surface area contributed by atoms with Gasteiger partial charge in [-0.05, 0) is 49.4 Å². The van der Waals surface area contributed by atoms with E-state index in [1.54, 1.807) is 32.4 Å². The van der Waals surface area contributed by atoms with Gasteiger partial charge in [-0.15, -0.1) is 0 Å². The molecule has 0 aliphatic carbocycles. The standard InChI is InChI=1S/C27H29N3O4/c1-19-8-11-21(12-9-19)34-17-16-30-23-7-5-4-6-22(23)29-26(30)14-15-28-27(31)20-10-13-24(32-2)25(18-20)33-3/h4-13,18H,14-17H2,1-3H3,(H,28,31). The number of nitrogens with zero attached hydrogens (tertiary/aromatic N) is 2. The molecule has 0 unspecified atom stereocenters. The average Bonchev–Trinajstić information content (AvgIpc) is 3.22. The molecule has 176 valence electrons. The van der Waals surface area contributed by atoms with Gasteiger partial charge in [0.1, 0.15) is 18.2 Å². The molecule has 0 aliphatic rings. The number of hydrogen-bond acceptors (Lipinski definition) is 5. The number of imidazole rings is 1. The minimum Gasteiger partial charge on any atom is -0.493 e. The second kappa shape index (κ2) is 10.7. The van der Waals surface area contributed by atoms with Crippen molar-refractivity contribution < 1.29 is 19.0 Å². The van der Waals surface area contributed by atoms with Crippen LogP contribution in [0.5, 0.6) is 17.2 Å². The van der Waals surface area contributed by atoms with Gasteiger partial charge in [0, 0.05) is 18.5 Å². The zero-order valence-electron chi connectivity index (χ0n) is 19.7. The smallest absolute Gasteiger partial charge is 0.251 e. The van der Waals surface area contributed by atoms with Crippen molar-refractivity contribution in [1.29, 1.82) is 0 Å². The first kappa shape index (κ1) is 23.2. The van der Waals surface area contributed by atoms with Crippen LogP contribution in [0.25, 0.3) is 11.0 Å². The largest absolute Gasteiger partial charge is 0.493 e. The molecule has 0 fully saturated rings. The van der Waals surface area contributed by atoms with E-state index in [1.807, 2.05) is 42.5 Å². The van der Waals surface area contributed by atoms with Crippen LogP contribution in [0, 0.1) is 6.92 Å². The number of benzene rings is 3. The summed E-state index contributed by atoms with van der Waals surface area (Å²) in [5.41, 5.74) is 3.69. The fourth-order valence-corrected chi connectivity index (χ4v) is 3.82. The van der Waals surface area contributed by atoms with Crippen LogP contribution in [0.3, 0.4) is 0 Å². The number of nitrogens with one attached hydrogen (secondary N) is 1. The number of carbonyl (C=O) groups excluding carboxylic acids is 1. The quantitative estimate of drug-likeness (QED) is 0.380. The number of carbonyl (C=O) groups is 1. The summed E-state index contributed by atoms with van der Waals surface area (Å²) in [6, 6.07) is 21.2. The van der Waals surface area contributed by atoms with Gasteiger partial charge in [0.25, 0.3) is 5.91 Å². The zero-order chi connectivity index (χ0) is 23.9. The lowest BCUT2D eigenvalue weighted by Gasteiger charge is -2.12. The Hall–Kier alpha value is -4.00. The third-order valence-corrected chi connectivity index (χ3v) is 5.62. The van der Waals surface area contributed by atoms with Crippen molar-refractivity contribution in [3.8, 4) is 17.2 Å². The SMILES string of the molecule is COc1ccc(C(=O)NCCc2nc3ccccc3n2CCOc2ccc(C)cc2)cc1OC. The Balaban J connectivity index is 1.41. The lowest BCUT2D eigenvalue weighted by Crippen LogP contribution is -2.26. The van der Waals surface area contributed by atoms with Gasteiger partial charge >= 0.3 is 0 Å². The first-order chi connectivity index (χ1) is 16.6. The summed E-state index contributed by atoms with van der Waals surface area (Å²) in [6.45, 7) is 3.69. The minimum atomic E-state index is -0.175. The molecule has 1 aromatic heterocycles. The summed E-state index contributed by atoms with van der Waals surface area (Å²) in [4.78, 5) is 17.4. The number of rotatable bonds is 10. The second-order valence-corrected chi connectivity index (χ2v) is 7.91. The van der Waals surface area contributed by atoms with Gasteiger partial charge in [-0.1, -0.05) is 29.8 Å². The molecule has 4 rings (SSSR count). The van der Waals surface area contributed by atoms with Crippen molar-refractivity contribution in [3.05, 3.63) is 83.7 Å². The Kier molecular flexibility index (Phi) is 7.32. The van der Waals surface area contributed by atoms with Gasteiger partial charge < -0.3 is 24.1 Å². The second-order valence-electron chi connectivity index (χ2n) is 7.91. The van der Waals surface area contributed by atoms with Crippen molar-refractivity contribution in [2.75, 3.05) is 27.4 Å². The van der Waals surface area contributed by atoms with Gasteiger partial charge in [-0.25, -0.2) is 4.98 Å². The van der Waals surface area contributed by atoms with Crippen LogP contribution >= 0.6 is 0 Å². The van der Waals surface area contributed by atoms with E-state index in [9.17, 15) is 4.79 Å². The molecule has 0 saturated carbocycles. The predicted octanol–water partition coefficient (Wildman–Crippen LogP) is 4.41. The van der Waals surface area contributed by atoms with Crippen LogP contribution in [0.2, 0.25) is 0 Å². The van der Waals surface area contributed by atoms with E-state index in [2.05, 4.69) is 22.9 Å². The molecule has 34 heavy (non-hydrogen) atoms. The van der Waals surface area contributed by atoms with Crippen LogP contribution < -0.4 is 19.5 Å². The van der Waals surface area contributed by atoms with Crippen molar-refractivity contribution in [2.45, 2.75) is 19.9 Å². The molecule has 0 radical (unpaired) electrons. The molecule has 7 nitrogen and oxygen atoms in total. The van der Waals surface area contributed by atoms with Gasteiger partial charge in [0.15, 0.2) is 11.5 Å². The minimum absolute atomic E-state index is 0.175. The Bertz CT molecular complexity index is 1260. The lowest BCUT2D eigenvalue weighted by atomic mass is 10.2. The highest BCUT2D eigenvalue weighted by atomic mass is 16.5. The fraction of sp³-hybridized carbons (Fsp3) is 0.259. The molecular weight excluding hydrogens is 430 g/mol. The maximum Gasteiger partial charge on any atom is 0.251 e. The van der Waals surface area contributed by atoms with Crippen molar-refractivity contribution in [3.63, 3.8) is 0 Å². The molecule has 0 spiro atoms. The Morgan fingerprint density at radius 2 is 1.74 bits per heavy atom. The number of amides is 1. The summed E-state index contributed by atoms with van der Waals surface area (Å²) < 4.78 is 18.6. The number of hydrogen-bond donors (Lipinski definition) is 1. The molecule has 1 amide bonds. The highest BCUT2D eigenvalue weighted by molar-refractivity contribution is 5.94. The van der Waals surface area contributed by atoms with Crippen molar-refractivity contribution >= 4 is 16.9 Å². The number of ether oxygens (including phenoxy) is 3. The normalized spacial score (nSPS) is 10.8. The first-order valence-electron chi connectivity index (χ1n) is 11.2. The van der Waals surface area contributed by atoms with Crippen LogP contribution in [0.4, 0.5) is 0 Å². The summed E-state index contributed by atoms with van der Waals surface area (Å²) >= 11 is 0. The maximum atomic E-state index is 12.7. The Labute approximate surface area is 199 Å². The third-order valence-electron chi connectivity index (χ3n) is 5.62. The van der Waals surface area contributed by atoms with E-state index < -0.39 is 0 Å². The molecule has 0 aliphatic heterocycles. The van der Waals surface area contributed by atoms with E-state index in [4.69, 9.17) is 19.2 Å². The summed E-state index contributed by atoms with van der Waals surface area (Å²) in [7, 11) is 3.11. The molecule has 1 heterocycles. The zero-order valence-corrected chi connectivity index (χ0v) is 19.7. The van der Waals surface area contributed by atoms with Crippen molar-refractivity contribution in [1.82, 2.24) is 14.9 Å². The fourth-order valence-electron chi connectivity index (χ4n) is 3.82. The van der Waals surface area contributed by atoms with Gasteiger partial charge in [-0.3, -0.25) is 4.79 Å². The number of para-hydroxylation sites is 2. The molecule has 0 saturated heterocycles. The van der Waals surface area contributed by atoms with Crippen molar-refractivity contribution in [2.24, 2.45) is 0 Å². The first-order valence-corrected chi connectivity index (χ1v) is 11.2. The Morgan fingerprint density at radius 1 is 0.971 bits per heavy atom. The molecule has 4 aromatic rings. The molecular formula is C27H29N3O4. The van der Waals surface area contributed by atoms with Crippen LogP contribution in [0.15, 0.2) is 66.7 Å². The van der Waals surface area contributed by atoms with Crippen LogP contribution in [-0.2, 0) is 13.0 Å². The summed E-state index contributed by atoms with van der Waals surface area (Å²) in [5.74, 6) is 2.68. The molecule has 3 aromatic carbocycles. The maximum absolute atomic E-state index is 12.7. The lowest BCUT2D eigenvalue weighted by molar-refractivity contribution is 0.0953. The molecule has 7 heteroatoms. The van der Waals surface area contributed by atoms with E-state index >= 15 is 0 Å². The van der Waals surface area contributed by atoms with E-state index in [0.717, 1.165) is 22.6 Å². The van der Waals surface area contributed by atoms with Crippen LogP contribution in [0.1, 0.15) is 21.7 Å². The predicted molar refractivity (Wildman–Crippen MR) is 132 cm³/mol. The third kappa shape index (κ3) is 5.31. The molecule has 0 bridgehead atoms. The van der Waals surface area contributed by atoms with E-state index in [1.165, 1.54) is 5.56 Å². The highest BCUT2D eigenvalue weighted by Gasteiger charge is 2.13. The topological polar surface area (TPSA) is 74.6 Å². The number of aromatic nitrogens is 2. The Morgan fingerprint density at radius 3 is 2.50 bits per heavy atom. The number of methoxy groups -OCH3 is 2. The van der Waals surface area contributed by atoms with Gasteiger partial charge in [0.05, 0.1) is 31.8 Å². The van der Waals surface area contributed by atoms with E-state index in [-0.39, 0.29) is 5.91 Å². The van der Waals surface area contributed by atoms with Gasteiger partial charge in [-0.2, -0.15) is 0 Å². The molecule has 0 atom stereocenters. The number of aryl methyl sites for hydroxylation is 1. The van der Waals surface area contributed by atoms with E-state index in [0.29, 0.717) is 43.2 Å². The summed E-state index contributed by atoms with van der Waals surface area (Å²) in [6.07, 6.45) is 0.595. The summed E-state index contributed by atoms with van der Waals surface area (Å²) in [5, 5.41) is 2.98. The number of fused-ring (bicyclic) bond motifs is 1. The highest BCUT2D eigenvalue weighted by Crippen LogP contribution is 2.27. The van der Waals surface area contributed by atoms with Crippen LogP contribution in [-0.4, -0.2) is 42.8 Å². The monoisotopic (exact) mass is 459 g/mol. The van der Waals surface area contributed by atoms with Gasteiger partial charge in [0.2, 0.25) is 0 Å².